The average Bonchev–Trinajstić information content (AvgIpc) is 3.44. The molecule has 1 saturated heterocycles. The third-order valence-corrected chi connectivity index (χ3v) is 5.42. The number of rotatable bonds is 4. The molecule has 2 N–H and O–H groups in total. The molecular weight excluding hydrogens is 342 g/mol. The van der Waals surface area contributed by atoms with Crippen LogP contribution in [-0.2, 0) is 4.79 Å². The lowest BCUT2D eigenvalue weighted by Crippen LogP contribution is -2.41. The molecule has 1 aromatic carbocycles. The van der Waals surface area contributed by atoms with Crippen LogP contribution in [0.15, 0.2) is 47.4 Å². The maximum Gasteiger partial charge on any atom is 0.255 e. The van der Waals surface area contributed by atoms with Gasteiger partial charge in [0.05, 0.1) is 11.6 Å². The van der Waals surface area contributed by atoms with E-state index in [0.29, 0.717) is 18.7 Å². The van der Waals surface area contributed by atoms with Gasteiger partial charge >= 0.3 is 0 Å². The predicted molar refractivity (Wildman–Crippen MR) is 102 cm³/mol. The third kappa shape index (κ3) is 3.79. The van der Waals surface area contributed by atoms with Crippen LogP contribution in [0.2, 0.25) is 0 Å². The van der Waals surface area contributed by atoms with Gasteiger partial charge in [-0.1, -0.05) is 29.8 Å². The lowest BCUT2D eigenvalue weighted by molar-refractivity contribution is -0.123. The molecule has 1 aliphatic heterocycles. The van der Waals surface area contributed by atoms with E-state index in [1.807, 2.05) is 6.92 Å². The minimum absolute atomic E-state index is 0.0556. The van der Waals surface area contributed by atoms with E-state index in [9.17, 15) is 14.4 Å². The number of carbonyl (C=O) groups is 2. The van der Waals surface area contributed by atoms with E-state index in [1.54, 1.807) is 4.90 Å². The van der Waals surface area contributed by atoms with E-state index >= 15 is 0 Å². The molecule has 1 aromatic heterocycles. The second-order valence-corrected chi connectivity index (χ2v) is 7.56. The van der Waals surface area contributed by atoms with Crippen LogP contribution in [-0.4, -0.2) is 40.8 Å². The molecule has 2 atom stereocenters. The van der Waals surface area contributed by atoms with Gasteiger partial charge < -0.3 is 15.2 Å². The van der Waals surface area contributed by atoms with Crippen LogP contribution in [0.25, 0.3) is 0 Å². The van der Waals surface area contributed by atoms with Gasteiger partial charge in [-0.05, 0) is 31.4 Å². The summed E-state index contributed by atoms with van der Waals surface area (Å²) in [7, 11) is 0. The minimum atomic E-state index is -0.236. The zero-order valence-corrected chi connectivity index (χ0v) is 15.3. The van der Waals surface area contributed by atoms with Crippen molar-refractivity contribution in [1.29, 1.82) is 0 Å². The molecular formula is C21H23N3O3. The lowest BCUT2D eigenvalue weighted by atomic mass is 9.93. The highest BCUT2D eigenvalue weighted by Crippen LogP contribution is 2.32. The number of amides is 2. The summed E-state index contributed by atoms with van der Waals surface area (Å²) in [5.74, 6) is 0.148. The van der Waals surface area contributed by atoms with Gasteiger partial charge in [0, 0.05) is 37.2 Å². The van der Waals surface area contributed by atoms with Crippen molar-refractivity contribution in [2.24, 2.45) is 5.92 Å². The fourth-order valence-corrected chi connectivity index (χ4v) is 3.64. The van der Waals surface area contributed by atoms with Crippen LogP contribution in [0.3, 0.4) is 0 Å². The monoisotopic (exact) mass is 365 g/mol. The first-order chi connectivity index (χ1) is 13.0. The smallest absolute Gasteiger partial charge is 0.255 e. The second kappa shape index (κ2) is 7.02. The van der Waals surface area contributed by atoms with Crippen LogP contribution < -0.4 is 10.9 Å². The summed E-state index contributed by atoms with van der Waals surface area (Å²) in [4.78, 5) is 40.7. The number of pyridine rings is 1. The molecule has 2 aromatic rings. The number of aromatic amines is 1. The van der Waals surface area contributed by atoms with E-state index < -0.39 is 0 Å². The summed E-state index contributed by atoms with van der Waals surface area (Å²) in [5.41, 5.74) is 2.52. The molecule has 1 aliphatic carbocycles. The molecule has 0 spiro atoms. The van der Waals surface area contributed by atoms with Gasteiger partial charge in [0.15, 0.2) is 0 Å². The van der Waals surface area contributed by atoms with E-state index in [-0.39, 0.29) is 35.3 Å². The first-order valence-electron chi connectivity index (χ1n) is 9.36. The van der Waals surface area contributed by atoms with Crippen molar-refractivity contribution in [3.05, 3.63) is 69.6 Å². The Hall–Kier alpha value is -2.89. The molecule has 0 bridgehead atoms. The molecule has 2 unspecified atom stereocenters. The number of aromatic nitrogens is 1. The molecule has 1 saturated carbocycles. The number of H-pyrrole nitrogens is 1. The highest BCUT2D eigenvalue weighted by Gasteiger charge is 2.39. The number of benzene rings is 1. The van der Waals surface area contributed by atoms with Crippen molar-refractivity contribution in [2.75, 3.05) is 13.1 Å². The van der Waals surface area contributed by atoms with E-state index in [2.05, 4.69) is 34.6 Å². The topological polar surface area (TPSA) is 82.3 Å². The first-order valence-corrected chi connectivity index (χ1v) is 9.36. The standard InChI is InChI=1S/C21H23N3O3/c1-13-2-4-14(5-3-13)17-11-24(12-18(17)23-20(26)15-6-7-15)21(27)16-8-9-19(25)22-10-16/h2-5,8-10,15,17-18H,6-7,11-12H2,1H3,(H,22,25)(H,23,26). The van der Waals surface area contributed by atoms with Gasteiger partial charge in [0.2, 0.25) is 11.5 Å². The zero-order valence-electron chi connectivity index (χ0n) is 15.3. The predicted octanol–water partition coefficient (Wildman–Crippen LogP) is 1.82. The molecule has 2 fully saturated rings. The number of hydrogen-bond acceptors (Lipinski definition) is 3. The van der Waals surface area contributed by atoms with Crippen molar-refractivity contribution >= 4 is 11.8 Å². The van der Waals surface area contributed by atoms with Gasteiger partial charge in [0.1, 0.15) is 0 Å². The Morgan fingerprint density at radius 3 is 2.44 bits per heavy atom. The maximum absolute atomic E-state index is 12.9. The Kier molecular flexibility index (Phi) is 4.56. The Labute approximate surface area is 157 Å². The summed E-state index contributed by atoms with van der Waals surface area (Å²) in [6, 6.07) is 11.1. The lowest BCUT2D eigenvalue weighted by Gasteiger charge is -2.20. The van der Waals surface area contributed by atoms with Crippen LogP contribution in [0.1, 0.15) is 40.2 Å². The molecule has 2 heterocycles. The minimum Gasteiger partial charge on any atom is -0.351 e. The molecule has 2 aliphatic rings. The molecule has 6 nitrogen and oxygen atoms in total. The summed E-state index contributed by atoms with van der Waals surface area (Å²) >= 11 is 0. The summed E-state index contributed by atoms with van der Waals surface area (Å²) in [5, 5.41) is 3.16. The van der Waals surface area contributed by atoms with E-state index in [0.717, 1.165) is 18.4 Å². The molecule has 0 radical (unpaired) electrons. The van der Waals surface area contributed by atoms with Crippen molar-refractivity contribution in [2.45, 2.75) is 31.7 Å². The van der Waals surface area contributed by atoms with Crippen LogP contribution >= 0.6 is 0 Å². The fourth-order valence-electron chi connectivity index (χ4n) is 3.64. The highest BCUT2D eigenvalue weighted by atomic mass is 16.2. The Morgan fingerprint density at radius 1 is 1.07 bits per heavy atom. The number of likely N-dealkylation sites (tertiary alicyclic amines) is 1. The number of carbonyl (C=O) groups excluding carboxylic acids is 2. The number of aryl methyl sites for hydroxylation is 1. The van der Waals surface area contributed by atoms with E-state index in [4.69, 9.17) is 0 Å². The van der Waals surface area contributed by atoms with Gasteiger partial charge in [-0.3, -0.25) is 14.4 Å². The normalized spacial score (nSPS) is 21.9. The van der Waals surface area contributed by atoms with Crippen molar-refractivity contribution in [3.8, 4) is 0 Å². The SMILES string of the molecule is Cc1ccc(C2CN(C(=O)c3ccc(=O)[nH]c3)CC2NC(=O)C2CC2)cc1. The molecule has 6 heteroatoms. The fraction of sp³-hybridized carbons (Fsp3) is 0.381. The molecule has 140 valence electrons. The average molecular weight is 365 g/mol. The Balaban J connectivity index is 1.56. The van der Waals surface area contributed by atoms with Gasteiger partial charge in [-0.15, -0.1) is 0 Å². The Bertz CT molecular complexity index is 895. The molecule has 2 amide bonds. The maximum atomic E-state index is 12.9. The largest absolute Gasteiger partial charge is 0.351 e. The van der Waals surface area contributed by atoms with Crippen LogP contribution in [0.5, 0.6) is 0 Å². The van der Waals surface area contributed by atoms with E-state index in [1.165, 1.54) is 23.9 Å². The van der Waals surface area contributed by atoms with Gasteiger partial charge in [-0.25, -0.2) is 0 Å². The molecule has 27 heavy (non-hydrogen) atoms. The van der Waals surface area contributed by atoms with Gasteiger partial charge in [0.25, 0.3) is 5.91 Å². The van der Waals surface area contributed by atoms with Gasteiger partial charge in [-0.2, -0.15) is 0 Å². The number of nitrogens with one attached hydrogen (secondary N) is 2. The summed E-state index contributed by atoms with van der Waals surface area (Å²) in [6.45, 7) is 3.04. The van der Waals surface area contributed by atoms with Crippen molar-refractivity contribution < 1.29 is 9.59 Å². The quantitative estimate of drug-likeness (QED) is 0.867. The third-order valence-electron chi connectivity index (χ3n) is 5.42. The summed E-state index contributed by atoms with van der Waals surface area (Å²) in [6.07, 6.45) is 3.35. The Morgan fingerprint density at radius 2 is 1.81 bits per heavy atom. The number of nitrogens with zero attached hydrogens (tertiary/aromatic N) is 1. The number of hydrogen-bond donors (Lipinski definition) is 2. The first kappa shape index (κ1) is 17.5. The van der Waals surface area contributed by atoms with Crippen molar-refractivity contribution in [3.63, 3.8) is 0 Å². The van der Waals surface area contributed by atoms with Crippen molar-refractivity contribution in [1.82, 2.24) is 15.2 Å². The summed E-state index contributed by atoms with van der Waals surface area (Å²) < 4.78 is 0. The molecule has 4 rings (SSSR count). The second-order valence-electron chi connectivity index (χ2n) is 7.56. The van der Waals surface area contributed by atoms with Crippen LogP contribution in [0.4, 0.5) is 0 Å². The highest BCUT2D eigenvalue weighted by molar-refractivity contribution is 5.94. The van der Waals surface area contributed by atoms with Crippen LogP contribution in [0, 0.1) is 12.8 Å². The zero-order chi connectivity index (χ0) is 19.0.